The van der Waals surface area contributed by atoms with Gasteiger partial charge in [0.2, 0.25) is 5.91 Å². The molecule has 1 atom stereocenters. The Morgan fingerprint density at radius 3 is 2.64 bits per heavy atom. The van der Waals surface area contributed by atoms with Crippen LogP contribution in [0.2, 0.25) is 0 Å². The first kappa shape index (κ1) is 14.9. The fraction of sp³-hybridized carbons (Fsp3) is 0.529. The van der Waals surface area contributed by atoms with E-state index in [9.17, 15) is 9.59 Å². The zero-order valence-electron chi connectivity index (χ0n) is 12.7. The Labute approximate surface area is 130 Å². The molecule has 2 aliphatic rings. The van der Waals surface area contributed by atoms with E-state index in [2.05, 4.69) is 17.5 Å². The lowest BCUT2D eigenvalue weighted by Crippen LogP contribution is -2.47. The summed E-state index contributed by atoms with van der Waals surface area (Å²) in [5.74, 6) is 0.608. The standard InChI is InChI=1S/C17H22N2O3/c20-16(13-5-2-1-3-6-13)18-14-8-10-19(11-9-14)17(21)15-7-4-12-22-15/h1-2,4,7,12-14H,3,5-6,8-11H2,(H,18,20). The van der Waals surface area contributed by atoms with Crippen LogP contribution in [0.4, 0.5) is 0 Å². The molecule has 1 aromatic heterocycles. The van der Waals surface area contributed by atoms with Crippen molar-refractivity contribution in [2.24, 2.45) is 5.92 Å². The molecule has 1 N–H and O–H groups in total. The molecule has 118 valence electrons. The predicted octanol–water partition coefficient (Wildman–Crippen LogP) is 2.36. The van der Waals surface area contributed by atoms with Crippen LogP contribution in [-0.4, -0.2) is 35.8 Å². The lowest BCUT2D eigenvalue weighted by atomic mass is 9.93. The quantitative estimate of drug-likeness (QED) is 0.872. The van der Waals surface area contributed by atoms with Crippen molar-refractivity contribution in [3.05, 3.63) is 36.3 Å². The average Bonchev–Trinajstić information content (AvgIpc) is 3.10. The molecule has 22 heavy (non-hydrogen) atoms. The zero-order valence-corrected chi connectivity index (χ0v) is 12.7. The number of hydrogen-bond donors (Lipinski definition) is 1. The van der Waals surface area contributed by atoms with Crippen LogP contribution in [0.3, 0.4) is 0 Å². The van der Waals surface area contributed by atoms with Crippen LogP contribution in [0.5, 0.6) is 0 Å². The van der Waals surface area contributed by atoms with Gasteiger partial charge in [-0.15, -0.1) is 0 Å². The van der Waals surface area contributed by atoms with Gasteiger partial charge in [0.05, 0.1) is 6.26 Å². The minimum Gasteiger partial charge on any atom is -0.459 e. The summed E-state index contributed by atoms with van der Waals surface area (Å²) in [4.78, 5) is 26.2. The normalized spacial score (nSPS) is 22.5. The van der Waals surface area contributed by atoms with Crippen molar-refractivity contribution in [2.75, 3.05) is 13.1 Å². The average molecular weight is 302 g/mol. The fourth-order valence-corrected chi connectivity index (χ4v) is 3.13. The highest BCUT2D eigenvalue weighted by Gasteiger charge is 2.27. The summed E-state index contributed by atoms with van der Waals surface area (Å²) in [7, 11) is 0. The number of piperidine rings is 1. The lowest BCUT2D eigenvalue weighted by Gasteiger charge is -2.32. The molecular formula is C17H22N2O3. The summed E-state index contributed by atoms with van der Waals surface area (Å²) in [6.45, 7) is 1.32. The van der Waals surface area contributed by atoms with Gasteiger partial charge in [0.1, 0.15) is 0 Å². The summed E-state index contributed by atoms with van der Waals surface area (Å²) >= 11 is 0. The molecule has 0 bridgehead atoms. The fourth-order valence-electron chi connectivity index (χ4n) is 3.13. The van der Waals surface area contributed by atoms with Gasteiger partial charge in [-0.1, -0.05) is 12.2 Å². The highest BCUT2D eigenvalue weighted by molar-refractivity contribution is 5.91. The van der Waals surface area contributed by atoms with Crippen LogP contribution >= 0.6 is 0 Å². The van der Waals surface area contributed by atoms with Crippen LogP contribution in [0.15, 0.2) is 35.0 Å². The molecule has 1 fully saturated rings. The van der Waals surface area contributed by atoms with Gasteiger partial charge in [0.25, 0.3) is 5.91 Å². The molecule has 0 radical (unpaired) electrons. The van der Waals surface area contributed by atoms with Gasteiger partial charge in [-0.05, 0) is 44.2 Å². The Morgan fingerprint density at radius 1 is 1.18 bits per heavy atom. The summed E-state index contributed by atoms with van der Waals surface area (Å²) in [6.07, 6.45) is 10.1. The van der Waals surface area contributed by atoms with Crippen molar-refractivity contribution < 1.29 is 14.0 Å². The van der Waals surface area contributed by atoms with E-state index in [0.717, 1.165) is 32.1 Å². The van der Waals surface area contributed by atoms with Gasteiger partial charge < -0.3 is 14.6 Å². The third-order valence-corrected chi connectivity index (χ3v) is 4.50. The Morgan fingerprint density at radius 2 is 2.00 bits per heavy atom. The van der Waals surface area contributed by atoms with E-state index in [-0.39, 0.29) is 23.8 Å². The van der Waals surface area contributed by atoms with Crippen LogP contribution in [0.25, 0.3) is 0 Å². The van der Waals surface area contributed by atoms with Crippen LogP contribution in [0.1, 0.15) is 42.7 Å². The van der Waals surface area contributed by atoms with E-state index in [0.29, 0.717) is 18.8 Å². The molecular weight excluding hydrogens is 280 g/mol. The maximum atomic E-state index is 12.2. The maximum Gasteiger partial charge on any atom is 0.289 e. The Hall–Kier alpha value is -2.04. The highest BCUT2D eigenvalue weighted by Crippen LogP contribution is 2.20. The molecule has 1 aromatic rings. The van der Waals surface area contributed by atoms with Gasteiger partial charge in [0.15, 0.2) is 5.76 Å². The number of amides is 2. The van der Waals surface area contributed by atoms with E-state index in [4.69, 9.17) is 4.42 Å². The molecule has 3 rings (SSSR count). The molecule has 2 heterocycles. The van der Waals surface area contributed by atoms with Crippen LogP contribution in [0, 0.1) is 5.92 Å². The van der Waals surface area contributed by atoms with E-state index < -0.39 is 0 Å². The Bertz CT molecular complexity index is 542. The second-order valence-electron chi connectivity index (χ2n) is 6.03. The third-order valence-electron chi connectivity index (χ3n) is 4.50. The van der Waals surface area contributed by atoms with Gasteiger partial charge in [-0.3, -0.25) is 9.59 Å². The molecule has 0 saturated carbocycles. The monoisotopic (exact) mass is 302 g/mol. The molecule has 2 amide bonds. The van der Waals surface area contributed by atoms with Crippen molar-refractivity contribution in [1.29, 1.82) is 0 Å². The number of allylic oxidation sites excluding steroid dienone is 2. The summed E-state index contributed by atoms with van der Waals surface area (Å²) in [5, 5.41) is 3.15. The van der Waals surface area contributed by atoms with E-state index in [1.54, 1.807) is 17.0 Å². The molecule has 1 unspecified atom stereocenters. The number of nitrogens with zero attached hydrogens (tertiary/aromatic N) is 1. The third kappa shape index (κ3) is 3.40. The largest absolute Gasteiger partial charge is 0.459 e. The van der Waals surface area contributed by atoms with Crippen LogP contribution < -0.4 is 5.32 Å². The second kappa shape index (κ2) is 6.81. The first-order valence-electron chi connectivity index (χ1n) is 8.02. The van der Waals surface area contributed by atoms with Crippen molar-refractivity contribution in [3.63, 3.8) is 0 Å². The number of carbonyl (C=O) groups is 2. The molecule has 5 nitrogen and oxygen atoms in total. The number of furan rings is 1. The van der Waals surface area contributed by atoms with Gasteiger partial charge in [-0.25, -0.2) is 0 Å². The predicted molar refractivity (Wildman–Crippen MR) is 82.3 cm³/mol. The summed E-state index contributed by atoms with van der Waals surface area (Å²) < 4.78 is 5.15. The number of rotatable bonds is 3. The Balaban J connectivity index is 1.46. The molecule has 1 aliphatic carbocycles. The topological polar surface area (TPSA) is 62.6 Å². The smallest absolute Gasteiger partial charge is 0.289 e. The van der Waals surface area contributed by atoms with Gasteiger partial charge in [-0.2, -0.15) is 0 Å². The van der Waals surface area contributed by atoms with Gasteiger partial charge >= 0.3 is 0 Å². The maximum absolute atomic E-state index is 12.2. The minimum atomic E-state index is -0.0628. The second-order valence-corrected chi connectivity index (χ2v) is 6.03. The number of likely N-dealkylation sites (tertiary alicyclic amines) is 1. The van der Waals surface area contributed by atoms with E-state index in [1.807, 2.05) is 0 Å². The Kier molecular flexibility index (Phi) is 4.61. The van der Waals surface area contributed by atoms with Crippen LogP contribution in [-0.2, 0) is 4.79 Å². The van der Waals surface area contributed by atoms with Crippen molar-refractivity contribution in [3.8, 4) is 0 Å². The first-order valence-corrected chi connectivity index (χ1v) is 8.02. The van der Waals surface area contributed by atoms with E-state index in [1.165, 1.54) is 6.26 Å². The molecule has 1 saturated heterocycles. The van der Waals surface area contributed by atoms with E-state index >= 15 is 0 Å². The number of nitrogens with one attached hydrogen (secondary N) is 1. The SMILES string of the molecule is O=C(NC1CCN(C(=O)c2ccco2)CC1)C1CC=CCC1. The summed E-state index contributed by atoms with van der Waals surface area (Å²) in [5.41, 5.74) is 0. The zero-order chi connectivity index (χ0) is 15.4. The van der Waals surface area contributed by atoms with Crippen molar-refractivity contribution >= 4 is 11.8 Å². The first-order chi connectivity index (χ1) is 10.7. The lowest BCUT2D eigenvalue weighted by molar-refractivity contribution is -0.126. The van der Waals surface area contributed by atoms with Crippen molar-refractivity contribution in [1.82, 2.24) is 10.2 Å². The minimum absolute atomic E-state index is 0.0628. The molecule has 0 aromatic carbocycles. The number of hydrogen-bond acceptors (Lipinski definition) is 3. The molecule has 5 heteroatoms. The van der Waals surface area contributed by atoms with Gasteiger partial charge in [0, 0.05) is 25.0 Å². The highest BCUT2D eigenvalue weighted by atomic mass is 16.3. The summed E-state index contributed by atoms with van der Waals surface area (Å²) in [6, 6.07) is 3.59. The number of carbonyl (C=O) groups excluding carboxylic acids is 2. The molecule has 0 spiro atoms. The molecule has 1 aliphatic heterocycles. The van der Waals surface area contributed by atoms with Crippen molar-refractivity contribution in [2.45, 2.75) is 38.1 Å².